The van der Waals surface area contributed by atoms with E-state index in [-0.39, 0.29) is 12.2 Å². The molecule has 88 valence electrons. The highest BCUT2D eigenvalue weighted by Crippen LogP contribution is 2.15. The highest BCUT2D eigenvalue weighted by molar-refractivity contribution is 5.99. The minimum atomic E-state index is -0.0916. The smallest absolute Gasteiger partial charge is 0.224 e. The number of hydrogen-bond acceptors (Lipinski definition) is 5. The summed E-state index contributed by atoms with van der Waals surface area (Å²) in [7, 11) is 3.23. The van der Waals surface area contributed by atoms with E-state index in [9.17, 15) is 4.79 Å². The van der Waals surface area contributed by atoms with Crippen LogP contribution in [0.2, 0.25) is 0 Å². The summed E-state index contributed by atoms with van der Waals surface area (Å²) < 4.78 is 6.61. The second kappa shape index (κ2) is 4.73. The van der Waals surface area contributed by atoms with Crippen LogP contribution >= 0.6 is 0 Å². The number of methoxy groups -OCH3 is 1. The number of aromatic nitrogens is 4. The van der Waals surface area contributed by atoms with E-state index in [1.165, 1.54) is 13.4 Å². The molecule has 2 aromatic rings. The van der Waals surface area contributed by atoms with Crippen LogP contribution in [0, 0.1) is 0 Å². The maximum absolute atomic E-state index is 12.0. The lowest BCUT2D eigenvalue weighted by Gasteiger charge is -2.05. The average molecular weight is 232 g/mol. The van der Waals surface area contributed by atoms with Crippen molar-refractivity contribution in [1.82, 2.24) is 19.7 Å². The van der Waals surface area contributed by atoms with Crippen LogP contribution in [0.4, 0.5) is 0 Å². The van der Waals surface area contributed by atoms with Gasteiger partial charge in [-0.15, -0.1) is 0 Å². The van der Waals surface area contributed by atoms with Crippen molar-refractivity contribution in [3.63, 3.8) is 0 Å². The summed E-state index contributed by atoms with van der Waals surface area (Å²) in [5, 5.41) is 3.91. The molecule has 2 heterocycles. The fourth-order valence-electron chi connectivity index (χ4n) is 1.48. The molecule has 0 unspecified atom stereocenters. The van der Waals surface area contributed by atoms with Gasteiger partial charge in [-0.05, 0) is 12.1 Å². The molecule has 2 aromatic heterocycles. The zero-order valence-corrected chi connectivity index (χ0v) is 9.62. The van der Waals surface area contributed by atoms with Gasteiger partial charge >= 0.3 is 0 Å². The first-order valence-corrected chi connectivity index (χ1v) is 5.07. The molecule has 0 amide bonds. The predicted molar refractivity (Wildman–Crippen MR) is 59.8 cm³/mol. The maximum atomic E-state index is 12.0. The molecule has 0 saturated heterocycles. The molecular weight excluding hydrogens is 220 g/mol. The zero-order valence-electron chi connectivity index (χ0n) is 9.62. The second-order valence-electron chi connectivity index (χ2n) is 3.46. The maximum Gasteiger partial charge on any atom is 0.224 e. The number of carbonyl (C=O) groups excluding carboxylic acids is 1. The van der Waals surface area contributed by atoms with Gasteiger partial charge in [0.15, 0.2) is 5.78 Å². The fourth-order valence-corrected chi connectivity index (χ4v) is 1.48. The lowest BCUT2D eigenvalue weighted by molar-refractivity contribution is 0.0986. The fraction of sp³-hybridized carbons (Fsp3) is 0.273. The molecule has 0 radical (unpaired) electrons. The Labute approximate surface area is 98.3 Å². The van der Waals surface area contributed by atoms with Crippen molar-refractivity contribution in [2.45, 2.75) is 6.42 Å². The number of rotatable bonds is 4. The summed E-state index contributed by atoms with van der Waals surface area (Å²) >= 11 is 0. The highest BCUT2D eigenvalue weighted by atomic mass is 16.5. The van der Waals surface area contributed by atoms with Crippen molar-refractivity contribution in [3.8, 4) is 5.88 Å². The van der Waals surface area contributed by atoms with E-state index in [0.717, 1.165) is 0 Å². The van der Waals surface area contributed by atoms with Crippen molar-refractivity contribution in [2.24, 2.45) is 7.05 Å². The van der Waals surface area contributed by atoms with Crippen LogP contribution in [-0.2, 0) is 13.5 Å². The van der Waals surface area contributed by atoms with Crippen LogP contribution in [0.1, 0.15) is 16.2 Å². The Morgan fingerprint density at radius 1 is 1.47 bits per heavy atom. The number of nitrogens with zero attached hydrogens (tertiary/aromatic N) is 4. The number of hydrogen-bond donors (Lipinski definition) is 0. The summed E-state index contributed by atoms with van der Waals surface area (Å²) in [6.07, 6.45) is 3.18. The Balaban J connectivity index is 2.23. The second-order valence-corrected chi connectivity index (χ2v) is 3.46. The lowest BCUT2D eigenvalue weighted by atomic mass is 10.1. The molecular formula is C11H12N4O2. The van der Waals surface area contributed by atoms with Gasteiger partial charge in [-0.2, -0.15) is 5.10 Å². The van der Waals surface area contributed by atoms with E-state index in [1.54, 1.807) is 30.1 Å². The first-order valence-electron chi connectivity index (χ1n) is 5.07. The molecule has 6 heteroatoms. The molecule has 0 aliphatic carbocycles. The monoisotopic (exact) mass is 232 g/mol. The van der Waals surface area contributed by atoms with Crippen molar-refractivity contribution >= 4 is 5.78 Å². The van der Waals surface area contributed by atoms with Gasteiger partial charge < -0.3 is 4.74 Å². The van der Waals surface area contributed by atoms with Gasteiger partial charge in [0.1, 0.15) is 12.2 Å². The number of aryl methyl sites for hydroxylation is 1. The Morgan fingerprint density at radius 3 is 2.94 bits per heavy atom. The lowest BCUT2D eigenvalue weighted by Crippen LogP contribution is -2.10. The van der Waals surface area contributed by atoms with E-state index in [2.05, 4.69) is 15.1 Å². The van der Waals surface area contributed by atoms with Gasteiger partial charge in [-0.1, -0.05) is 0 Å². The van der Waals surface area contributed by atoms with Gasteiger partial charge in [0.2, 0.25) is 5.88 Å². The first-order chi connectivity index (χ1) is 8.22. The molecule has 17 heavy (non-hydrogen) atoms. The summed E-state index contributed by atoms with van der Waals surface area (Å²) in [6, 6.07) is 3.39. The van der Waals surface area contributed by atoms with E-state index < -0.39 is 0 Å². The Bertz CT molecular complexity index is 536. The van der Waals surface area contributed by atoms with E-state index in [4.69, 9.17) is 4.74 Å². The largest absolute Gasteiger partial charge is 0.480 e. The standard InChI is InChI=1S/C11H12N4O2/c1-15-10(13-7-14-15)6-9(16)8-4-3-5-12-11(8)17-2/h3-5,7H,6H2,1-2H3. The summed E-state index contributed by atoms with van der Waals surface area (Å²) in [5.41, 5.74) is 0.456. The zero-order chi connectivity index (χ0) is 12.3. The van der Waals surface area contributed by atoms with Gasteiger partial charge in [0.25, 0.3) is 0 Å². The number of carbonyl (C=O) groups is 1. The molecule has 0 spiro atoms. The van der Waals surface area contributed by atoms with Crippen molar-refractivity contribution in [3.05, 3.63) is 36.0 Å². The first kappa shape index (κ1) is 11.3. The minimum absolute atomic E-state index is 0.0916. The van der Waals surface area contributed by atoms with Crippen LogP contribution in [0.25, 0.3) is 0 Å². The highest BCUT2D eigenvalue weighted by Gasteiger charge is 2.15. The Hall–Kier alpha value is -2.24. The summed E-state index contributed by atoms with van der Waals surface area (Å²) in [5.74, 6) is 0.853. The molecule has 6 nitrogen and oxygen atoms in total. The van der Waals surface area contributed by atoms with Crippen molar-refractivity contribution < 1.29 is 9.53 Å². The van der Waals surface area contributed by atoms with E-state index >= 15 is 0 Å². The number of pyridine rings is 1. The van der Waals surface area contributed by atoms with Crippen LogP contribution in [-0.4, -0.2) is 32.6 Å². The van der Waals surface area contributed by atoms with Gasteiger partial charge in [0.05, 0.1) is 19.1 Å². The molecule has 0 saturated carbocycles. The number of Topliss-reactive ketones (excluding diaryl/α,β-unsaturated/α-hetero) is 1. The van der Waals surface area contributed by atoms with Crippen LogP contribution in [0.3, 0.4) is 0 Å². The van der Waals surface area contributed by atoms with Gasteiger partial charge in [-0.3, -0.25) is 9.48 Å². The third kappa shape index (κ3) is 2.30. The minimum Gasteiger partial charge on any atom is -0.480 e. The number of ether oxygens (including phenoxy) is 1. The Morgan fingerprint density at radius 2 is 2.29 bits per heavy atom. The summed E-state index contributed by atoms with van der Waals surface area (Å²) in [6.45, 7) is 0. The SMILES string of the molecule is COc1ncccc1C(=O)Cc1ncnn1C. The van der Waals surface area contributed by atoms with Gasteiger partial charge in [-0.25, -0.2) is 9.97 Å². The molecule has 2 rings (SSSR count). The van der Waals surface area contributed by atoms with Crippen LogP contribution in [0.15, 0.2) is 24.7 Å². The predicted octanol–water partition coefficient (Wildman–Crippen LogP) is 0.644. The normalized spacial score (nSPS) is 10.2. The quantitative estimate of drug-likeness (QED) is 0.724. The molecule has 0 atom stereocenters. The molecule has 0 aromatic carbocycles. The van der Waals surface area contributed by atoms with E-state index in [0.29, 0.717) is 17.3 Å². The topological polar surface area (TPSA) is 69.9 Å². The van der Waals surface area contributed by atoms with Crippen molar-refractivity contribution in [1.29, 1.82) is 0 Å². The molecule has 0 fully saturated rings. The third-order valence-corrected chi connectivity index (χ3v) is 2.39. The molecule has 0 N–H and O–H groups in total. The molecule has 0 aliphatic rings. The number of ketones is 1. The van der Waals surface area contributed by atoms with Crippen molar-refractivity contribution in [2.75, 3.05) is 7.11 Å². The summed E-state index contributed by atoms with van der Waals surface area (Å²) in [4.78, 5) is 20.0. The molecule has 0 bridgehead atoms. The third-order valence-electron chi connectivity index (χ3n) is 2.39. The van der Waals surface area contributed by atoms with Crippen LogP contribution in [0.5, 0.6) is 5.88 Å². The van der Waals surface area contributed by atoms with Crippen LogP contribution < -0.4 is 4.74 Å². The van der Waals surface area contributed by atoms with E-state index in [1.807, 2.05) is 0 Å². The average Bonchev–Trinajstić information content (AvgIpc) is 2.75. The molecule has 0 aliphatic heterocycles. The Kier molecular flexibility index (Phi) is 3.13. The van der Waals surface area contributed by atoms with Gasteiger partial charge in [0, 0.05) is 13.2 Å².